The molecule has 2 nitrogen and oxygen atoms in total. The third kappa shape index (κ3) is 1.67. The molecule has 0 fully saturated rings. The Bertz CT molecular complexity index is 397. The van der Waals surface area contributed by atoms with Crippen LogP contribution >= 0.6 is 11.6 Å². The van der Waals surface area contributed by atoms with Crippen LogP contribution in [-0.4, -0.2) is 39.3 Å². The van der Waals surface area contributed by atoms with Crippen molar-refractivity contribution in [3.05, 3.63) is 29.4 Å². The molecule has 1 radical (unpaired) electrons. The number of fused-ring (bicyclic) bond motifs is 1. The average Bonchev–Trinajstić information content (AvgIpc) is 2.31. The van der Waals surface area contributed by atoms with Crippen LogP contribution in [0.4, 0.5) is 0 Å². The summed E-state index contributed by atoms with van der Waals surface area (Å²) in [4.78, 5) is 0. The largest absolute Gasteiger partial charge is 0.275 e. The van der Waals surface area contributed by atoms with Gasteiger partial charge in [0.25, 0.3) is 0 Å². The fraction of sp³-hybridized carbons (Fsp3) is 0.125. The Morgan fingerprint density at radius 3 is 2.83 bits per heavy atom. The SMILES string of the molecule is Cn1cc2c(Cl)cccc2n1.[Na]. The summed E-state index contributed by atoms with van der Waals surface area (Å²) >= 11 is 5.92. The molecule has 0 aliphatic heterocycles. The van der Waals surface area contributed by atoms with E-state index >= 15 is 0 Å². The summed E-state index contributed by atoms with van der Waals surface area (Å²) in [6.07, 6.45) is 1.91. The van der Waals surface area contributed by atoms with E-state index in [1.165, 1.54) is 0 Å². The Kier molecular flexibility index (Phi) is 3.18. The number of benzene rings is 1. The minimum absolute atomic E-state index is 0. The molecule has 0 aliphatic rings. The number of halogens is 1. The summed E-state index contributed by atoms with van der Waals surface area (Å²) in [5.41, 5.74) is 0.944. The van der Waals surface area contributed by atoms with Crippen LogP contribution < -0.4 is 0 Å². The first-order valence-electron chi connectivity index (χ1n) is 3.35. The number of hydrogen-bond acceptors (Lipinski definition) is 1. The molecule has 2 rings (SSSR count). The zero-order valence-electron chi connectivity index (χ0n) is 7.08. The molecule has 0 aliphatic carbocycles. The summed E-state index contributed by atoms with van der Waals surface area (Å²) in [5, 5.41) is 5.98. The summed E-state index contributed by atoms with van der Waals surface area (Å²) in [6, 6.07) is 5.71. The molecule has 57 valence electrons. The first kappa shape index (κ1) is 10.1. The van der Waals surface area contributed by atoms with Gasteiger partial charge in [0.05, 0.1) is 10.5 Å². The molecule has 1 heterocycles. The van der Waals surface area contributed by atoms with E-state index in [1.807, 2.05) is 31.4 Å². The third-order valence-electron chi connectivity index (χ3n) is 1.61. The molecule has 2 aromatic rings. The van der Waals surface area contributed by atoms with Crippen molar-refractivity contribution >= 4 is 52.1 Å². The summed E-state index contributed by atoms with van der Waals surface area (Å²) < 4.78 is 1.76. The number of nitrogens with zero attached hydrogens (tertiary/aromatic N) is 2. The Hall–Kier alpha value is -0.0200. The van der Waals surface area contributed by atoms with Crippen molar-refractivity contribution in [3.8, 4) is 0 Å². The molecule has 0 amide bonds. The van der Waals surface area contributed by atoms with Gasteiger partial charge in [-0.3, -0.25) is 4.68 Å². The van der Waals surface area contributed by atoms with Gasteiger partial charge in [-0.2, -0.15) is 5.10 Å². The van der Waals surface area contributed by atoms with Crippen molar-refractivity contribution < 1.29 is 0 Å². The van der Waals surface area contributed by atoms with Gasteiger partial charge in [-0.1, -0.05) is 17.7 Å². The van der Waals surface area contributed by atoms with Crippen LogP contribution in [0.25, 0.3) is 10.9 Å². The molecule has 1 aromatic heterocycles. The Labute approximate surface area is 97.8 Å². The number of rotatable bonds is 0. The fourth-order valence-corrected chi connectivity index (χ4v) is 1.34. The zero-order chi connectivity index (χ0) is 7.84. The predicted molar refractivity (Wildman–Crippen MR) is 51.5 cm³/mol. The Morgan fingerprint density at radius 2 is 2.17 bits per heavy atom. The van der Waals surface area contributed by atoms with Gasteiger partial charge in [-0.05, 0) is 12.1 Å². The van der Waals surface area contributed by atoms with Gasteiger partial charge in [-0.25, -0.2) is 0 Å². The van der Waals surface area contributed by atoms with E-state index in [1.54, 1.807) is 4.68 Å². The van der Waals surface area contributed by atoms with E-state index in [2.05, 4.69) is 5.10 Å². The van der Waals surface area contributed by atoms with E-state index in [0.717, 1.165) is 15.9 Å². The summed E-state index contributed by atoms with van der Waals surface area (Å²) in [5.74, 6) is 0. The second kappa shape index (κ2) is 3.79. The van der Waals surface area contributed by atoms with Gasteiger partial charge in [0.1, 0.15) is 0 Å². The van der Waals surface area contributed by atoms with Crippen molar-refractivity contribution in [2.24, 2.45) is 7.05 Å². The molecule has 0 saturated carbocycles. The minimum Gasteiger partial charge on any atom is -0.275 e. The normalized spacial score (nSPS) is 9.83. The van der Waals surface area contributed by atoms with Gasteiger partial charge < -0.3 is 0 Å². The van der Waals surface area contributed by atoms with Crippen molar-refractivity contribution in [2.75, 3.05) is 0 Å². The van der Waals surface area contributed by atoms with Gasteiger partial charge in [0.2, 0.25) is 0 Å². The van der Waals surface area contributed by atoms with E-state index in [4.69, 9.17) is 11.6 Å². The Morgan fingerprint density at radius 1 is 1.42 bits per heavy atom. The number of aromatic nitrogens is 2. The molecule has 0 bridgehead atoms. The van der Waals surface area contributed by atoms with E-state index in [-0.39, 0.29) is 29.6 Å². The maximum absolute atomic E-state index is 5.92. The van der Waals surface area contributed by atoms with Crippen LogP contribution in [0.2, 0.25) is 5.02 Å². The first-order chi connectivity index (χ1) is 5.27. The molecule has 0 spiro atoms. The first-order valence-corrected chi connectivity index (χ1v) is 3.73. The van der Waals surface area contributed by atoms with Crippen molar-refractivity contribution in [3.63, 3.8) is 0 Å². The second-order valence-electron chi connectivity index (χ2n) is 2.48. The minimum atomic E-state index is 0. The second-order valence-corrected chi connectivity index (χ2v) is 2.88. The summed E-state index contributed by atoms with van der Waals surface area (Å²) in [7, 11) is 1.89. The topological polar surface area (TPSA) is 17.8 Å². The van der Waals surface area contributed by atoms with Crippen LogP contribution in [0.1, 0.15) is 0 Å². The van der Waals surface area contributed by atoms with Crippen LogP contribution in [0.15, 0.2) is 24.4 Å². The molecule has 12 heavy (non-hydrogen) atoms. The summed E-state index contributed by atoms with van der Waals surface area (Å²) in [6.45, 7) is 0. The molecular formula is C8H7ClN2Na. The molecular weight excluding hydrogens is 183 g/mol. The number of aryl methyl sites for hydroxylation is 1. The van der Waals surface area contributed by atoms with E-state index < -0.39 is 0 Å². The fourth-order valence-electron chi connectivity index (χ4n) is 1.13. The van der Waals surface area contributed by atoms with Crippen molar-refractivity contribution in [1.29, 1.82) is 0 Å². The molecule has 0 atom stereocenters. The molecule has 0 saturated heterocycles. The Balaban J connectivity index is 0.000000720. The molecule has 0 N–H and O–H groups in total. The molecule has 0 unspecified atom stereocenters. The van der Waals surface area contributed by atoms with Gasteiger partial charge in [-0.15, -0.1) is 0 Å². The monoisotopic (exact) mass is 189 g/mol. The standard InChI is InChI=1S/C8H7ClN2.Na/c1-11-5-6-7(9)3-2-4-8(6)10-11;/h2-5H,1H3;. The average molecular weight is 190 g/mol. The maximum atomic E-state index is 5.92. The van der Waals surface area contributed by atoms with Gasteiger partial charge in [0.15, 0.2) is 0 Å². The van der Waals surface area contributed by atoms with Crippen LogP contribution in [0.5, 0.6) is 0 Å². The smallest absolute Gasteiger partial charge is 0.0938 e. The number of hydrogen-bond donors (Lipinski definition) is 0. The van der Waals surface area contributed by atoms with Crippen molar-refractivity contribution in [1.82, 2.24) is 9.78 Å². The van der Waals surface area contributed by atoms with E-state index in [0.29, 0.717) is 0 Å². The third-order valence-corrected chi connectivity index (χ3v) is 1.94. The van der Waals surface area contributed by atoms with Gasteiger partial charge >= 0.3 is 0 Å². The van der Waals surface area contributed by atoms with Crippen LogP contribution in [0.3, 0.4) is 0 Å². The van der Waals surface area contributed by atoms with Crippen molar-refractivity contribution in [2.45, 2.75) is 0 Å². The van der Waals surface area contributed by atoms with Crippen LogP contribution in [0, 0.1) is 0 Å². The van der Waals surface area contributed by atoms with Gasteiger partial charge in [0, 0.05) is 48.2 Å². The molecule has 1 aromatic carbocycles. The predicted octanol–water partition coefficient (Wildman–Crippen LogP) is 1.85. The van der Waals surface area contributed by atoms with Crippen LogP contribution in [-0.2, 0) is 7.05 Å². The quantitative estimate of drug-likeness (QED) is 0.579. The van der Waals surface area contributed by atoms with E-state index in [9.17, 15) is 0 Å². The maximum Gasteiger partial charge on any atom is 0.0938 e. The molecule has 4 heteroatoms. The zero-order valence-corrected chi connectivity index (χ0v) is 9.84.